The molecule has 4 atom stereocenters. The molecule has 0 aromatic heterocycles. The van der Waals surface area contributed by atoms with Crippen molar-refractivity contribution in [2.45, 2.75) is 24.4 Å². The van der Waals surface area contributed by atoms with E-state index in [-0.39, 0.29) is 224 Å². The molecule has 0 bridgehead atoms. The van der Waals surface area contributed by atoms with Crippen molar-refractivity contribution in [1.29, 1.82) is 0 Å². The fourth-order valence-corrected chi connectivity index (χ4v) is 1.15. The minimum Gasteiger partial charge on any atom is -0.395 e. The third-order valence-corrected chi connectivity index (χ3v) is 1.94. The summed E-state index contributed by atoms with van der Waals surface area (Å²) in [7, 11) is 0. The first-order valence-corrected chi connectivity index (χ1v) is 3.55. The van der Waals surface area contributed by atoms with Gasteiger partial charge in [0.1, 0.15) is 6.10 Å². The van der Waals surface area contributed by atoms with Gasteiger partial charge in [0.15, 0.2) is 0 Å². The Morgan fingerprint density at radius 2 is 1.00 bits per heavy atom. The molecule has 0 radical (unpaired) electrons. The maximum absolute atomic E-state index is 9.18. The summed E-state index contributed by atoms with van der Waals surface area (Å²) >= 11 is 0. The van der Waals surface area contributed by atoms with Crippen molar-refractivity contribution >= 4 is 0 Å². The Kier molecular flexibility index (Phi) is 112. The Balaban J connectivity index is -0.0000000151. The van der Waals surface area contributed by atoms with Crippen LogP contribution in [0, 0.1) is 0 Å². The second-order valence-electron chi connectivity index (χ2n) is 2.75. The average Bonchev–Trinajstić information content (AvgIpc) is 2.01. The van der Waals surface area contributed by atoms with E-state index in [1.807, 2.05) is 0 Å². The summed E-state index contributed by atoms with van der Waals surface area (Å²) in [4.78, 5) is 0. The second-order valence-corrected chi connectivity index (χ2v) is 2.75. The van der Waals surface area contributed by atoms with Crippen LogP contribution in [0.4, 0.5) is 0 Å². The van der Waals surface area contributed by atoms with Gasteiger partial charge in [0.2, 0.25) is 0 Å². The predicted octanol–water partition coefficient (Wildman–Crippen LogP) is -2.99. The number of β-amino-alcohol motifs (C(OH)–C–C–N with tert-alkyl or cyclic N) is 1. The summed E-state index contributed by atoms with van der Waals surface area (Å²) in [5.41, 5.74) is 0. The number of rotatable bonds is 1. The molecule has 0 amide bonds. The van der Waals surface area contributed by atoms with E-state index in [0.717, 1.165) is 0 Å². The largest absolute Gasteiger partial charge is 0.395 e. The van der Waals surface area contributed by atoms with Crippen molar-refractivity contribution < 1.29 is 231 Å². The molecule has 5 N–H and O–H groups in total. The van der Waals surface area contributed by atoms with Crippen LogP contribution in [-0.4, -0.2) is 57.9 Å². The molecule has 0 spiro atoms. The maximum Gasteiger partial charge on any atom is 0.109 e. The van der Waals surface area contributed by atoms with Gasteiger partial charge in [-0.25, -0.2) is 0 Å². The second kappa shape index (κ2) is 37.4. The molecule has 1 fully saturated rings. The van der Waals surface area contributed by atoms with Crippen molar-refractivity contribution in [3.63, 3.8) is 0 Å². The predicted molar refractivity (Wildman–Crippen MR) is 36.9 cm³/mol. The molecule has 5 nitrogen and oxygen atoms in total. The normalized spacial score (nSPS) is 24.0. The van der Waals surface area contributed by atoms with Crippen molar-refractivity contribution in [2.75, 3.05) is 13.2 Å². The Bertz CT molecular complexity index is 151. The van der Waals surface area contributed by atoms with E-state index in [0.29, 0.717) is 0 Å². The zero-order valence-electron chi connectivity index (χ0n) is 10.1. The summed E-state index contributed by atoms with van der Waals surface area (Å²) in [6.45, 7) is -0.0472. The van der Waals surface area contributed by atoms with Crippen LogP contribution >= 0.6 is 0 Å². The topological polar surface area (TPSA) is 93.0 Å². The summed E-state index contributed by atoms with van der Waals surface area (Å²) in [5, 5.41) is 38.6. The number of hydrogen-bond donors (Lipinski definition) is 5. The van der Waals surface area contributed by atoms with Crippen LogP contribution in [-0.2, 0) is 211 Å². The van der Waals surface area contributed by atoms with E-state index in [4.69, 9.17) is 15.3 Å². The van der Waals surface area contributed by atoms with Gasteiger partial charge >= 0.3 is 0 Å². The van der Waals surface area contributed by atoms with Gasteiger partial charge in [-0.15, -0.1) is 0 Å². The zero-order chi connectivity index (χ0) is 8.43. The van der Waals surface area contributed by atoms with Crippen LogP contribution in [0.25, 0.3) is 0 Å². The molecule has 0 aliphatic carbocycles. The van der Waals surface area contributed by atoms with E-state index >= 15 is 0 Å². The first-order chi connectivity index (χ1) is 5.16. The van der Waals surface area contributed by atoms with Crippen LogP contribution in [0.5, 0.6) is 0 Å². The molecule has 0 saturated carbocycles. The fraction of sp³-hybridized carbons (Fsp3) is 1.00. The van der Waals surface area contributed by atoms with Gasteiger partial charge in [-0.05, 0) is 0 Å². The number of aliphatic hydroxyl groups is 4. The van der Waals surface area contributed by atoms with Gasteiger partial charge < -0.3 is 25.7 Å². The van der Waals surface area contributed by atoms with Crippen molar-refractivity contribution in [3.05, 3.63) is 0 Å². The maximum atomic E-state index is 9.18. The molecule has 1 aliphatic heterocycles. The minimum absolute atomic E-state index is 0. The van der Waals surface area contributed by atoms with E-state index in [1.165, 1.54) is 0 Å². The molecular formula is C6H13NO4W10. The van der Waals surface area contributed by atoms with Crippen molar-refractivity contribution in [2.24, 2.45) is 0 Å². The molecule has 1 saturated heterocycles. The Morgan fingerprint density at radius 3 is 1.29 bits per heavy atom. The molecule has 1 aliphatic rings. The van der Waals surface area contributed by atoms with Crippen molar-refractivity contribution in [1.82, 2.24) is 5.32 Å². The average molecular weight is 2000 g/mol. The van der Waals surface area contributed by atoms with E-state index < -0.39 is 24.4 Å². The molecule has 1 heterocycles. The summed E-state index contributed by atoms with van der Waals surface area (Å²) in [6, 6.07) is -0.534. The number of hydrogen-bond acceptors (Lipinski definition) is 5. The van der Waals surface area contributed by atoms with Crippen LogP contribution in [0.1, 0.15) is 0 Å². The third kappa shape index (κ3) is 24.6. The standard InChI is InChI=1S/C6H13NO4.10W/c8-2-3-5(10)6(11)4(9)1-7-3;;;;;;;;;;/h3-11H,1-2H2;;;;;;;;;;. The van der Waals surface area contributed by atoms with Gasteiger partial charge in [0, 0.05) is 217 Å². The third-order valence-electron chi connectivity index (χ3n) is 1.94. The molecular weight excluding hydrogens is 1990 g/mol. The summed E-state index contributed by atoms with van der Waals surface area (Å²) in [5.74, 6) is 0. The van der Waals surface area contributed by atoms with Crippen LogP contribution < -0.4 is 5.32 Å². The van der Waals surface area contributed by atoms with Gasteiger partial charge in [-0.3, -0.25) is 0 Å². The molecule has 0 aromatic rings. The van der Waals surface area contributed by atoms with E-state index in [9.17, 15) is 5.11 Å². The smallest absolute Gasteiger partial charge is 0.109 e. The zero-order valence-corrected chi connectivity index (χ0v) is 39.4. The SMILES string of the molecule is OCC1NCC(O)C(O)C1O.[W].[W].[W].[W].[W].[W].[W].[W].[W].[W]. The van der Waals surface area contributed by atoms with Gasteiger partial charge in [-0.2, -0.15) is 0 Å². The van der Waals surface area contributed by atoms with Crippen LogP contribution in [0.2, 0.25) is 0 Å². The number of aliphatic hydroxyl groups excluding tert-OH is 4. The molecule has 0 aromatic carbocycles. The number of nitrogens with one attached hydrogen (secondary N) is 1. The number of piperidine rings is 1. The van der Waals surface area contributed by atoms with E-state index in [2.05, 4.69) is 5.32 Å². The first kappa shape index (κ1) is 63.0. The molecule has 126 valence electrons. The minimum atomic E-state index is -1.16. The summed E-state index contributed by atoms with van der Waals surface area (Å²) < 4.78 is 0. The summed E-state index contributed by atoms with van der Waals surface area (Å²) in [6.07, 6.45) is -3.20. The Hall–Kier alpha value is 6.68. The Labute approximate surface area is 268 Å². The van der Waals surface area contributed by atoms with E-state index in [1.54, 1.807) is 0 Å². The van der Waals surface area contributed by atoms with Crippen LogP contribution in [0.3, 0.4) is 0 Å². The van der Waals surface area contributed by atoms with Gasteiger partial charge in [0.05, 0.1) is 24.9 Å². The molecule has 15 heteroatoms. The van der Waals surface area contributed by atoms with Crippen molar-refractivity contribution in [3.8, 4) is 0 Å². The first-order valence-electron chi connectivity index (χ1n) is 3.55. The molecule has 21 heavy (non-hydrogen) atoms. The quantitative estimate of drug-likeness (QED) is 0.194. The van der Waals surface area contributed by atoms with Crippen LogP contribution in [0.15, 0.2) is 0 Å². The Morgan fingerprint density at radius 1 is 0.667 bits per heavy atom. The fourth-order valence-electron chi connectivity index (χ4n) is 1.15. The molecule has 4 unspecified atom stereocenters. The van der Waals surface area contributed by atoms with Gasteiger partial charge in [-0.1, -0.05) is 0 Å². The molecule has 1 rings (SSSR count). The monoisotopic (exact) mass is 2000 g/mol. The van der Waals surface area contributed by atoms with Gasteiger partial charge in [0.25, 0.3) is 0 Å².